The Balaban J connectivity index is 1.72. The van der Waals surface area contributed by atoms with Crippen LogP contribution < -0.4 is 10.1 Å². The van der Waals surface area contributed by atoms with E-state index in [2.05, 4.69) is 30.4 Å². The molecule has 1 N–H and O–H groups in total. The molecule has 0 bridgehead atoms. The summed E-state index contributed by atoms with van der Waals surface area (Å²) in [6.45, 7) is 6.72. The highest BCUT2D eigenvalue weighted by atomic mass is 16.5. The van der Waals surface area contributed by atoms with Gasteiger partial charge in [-0.2, -0.15) is 0 Å². The van der Waals surface area contributed by atoms with Crippen LogP contribution >= 0.6 is 0 Å². The van der Waals surface area contributed by atoms with E-state index in [0.29, 0.717) is 0 Å². The molecule has 1 fully saturated rings. The first-order valence-corrected chi connectivity index (χ1v) is 6.79. The van der Waals surface area contributed by atoms with E-state index in [1.54, 1.807) is 0 Å². The first kappa shape index (κ1) is 12.0. The lowest BCUT2D eigenvalue weighted by Crippen LogP contribution is -2.27. The van der Waals surface area contributed by atoms with Gasteiger partial charge in [0.1, 0.15) is 5.75 Å². The first-order valence-electron chi connectivity index (χ1n) is 6.79. The molecule has 0 aliphatic carbocycles. The molecule has 1 atom stereocenters. The molecule has 2 heterocycles. The highest BCUT2D eigenvalue weighted by Crippen LogP contribution is 2.31. The molecule has 3 heteroatoms. The first-order chi connectivity index (χ1) is 8.77. The van der Waals surface area contributed by atoms with E-state index >= 15 is 0 Å². The average Bonchev–Trinajstić information content (AvgIpc) is 2.84. The third kappa shape index (κ3) is 2.38. The zero-order valence-corrected chi connectivity index (χ0v) is 11.0. The zero-order valence-electron chi connectivity index (χ0n) is 11.0. The number of benzene rings is 1. The van der Waals surface area contributed by atoms with Crippen molar-refractivity contribution in [2.24, 2.45) is 5.41 Å². The topological polar surface area (TPSA) is 30.5 Å². The van der Waals surface area contributed by atoms with Crippen LogP contribution in [-0.2, 0) is 17.7 Å². The summed E-state index contributed by atoms with van der Waals surface area (Å²) in [7, 11) is 0. The normalized spacial score (nSPS) is 26.9. The van der Waals surface area contributed by atoms with Crippen LogP contribution in [0.1, 0.15) is 24.5 Å². The van der Waals surface area contributed by atoms with E-state index in [4.69, 9.17) is 9.47 Å². The van der Waals surface area contributed by atoms with Gasteiger partial charge in [0.05, 0.1) is 13.2 Å². The minimum Gasteiger partial charge on any atom is -0.493 e. The maximum absolute atomic E-state index is 6.08. The Labute approximate surface area is 108 Å². The van der Waals surface area contributed by atoms with E-state index in [-0.39, 0.29) is 5.41 Å². The number of fused-ring (bicyclic) bond motifs is 1. The molecule has 1 aromatic carbocycles. The summed E-state index contributed by atoms with van der Waals surface area (Å²) in [6, 6.07) is 6.38. The van der Waals surface area contributed by atoms with Crippen molar-refractivity contribution in [1.82, 2.24) is 5.32 Å². The molecule has 2 aliphatic rings. The van der Waals surface area contributed by atoms with Gasteiger partial charge in [-0.1, -0.05) is 19.1 Å². The molecule has 0 amide bonds. The second-order valence-corrected chi connectivity index (χ2v) is 5.72. The molecule has 0 spiro atoms. The molecule has 3 nitrogen and oxygen atoms in total. The van der Waals surface area contributed by atoms with E-state index in [9.17, 15) is 0 Å². The summed E-state index contributed by atoms with van der Waals surface area (Å²) in [4.78, 5) is 0. The zero-order chi connectivity index (χ0) is 12.4. The molecule has 1 aromatic rings. The molecular weight excluding hydrogens is 226 g/mol. The predicted octanol–water partition coefficient (Wildman–Crippen LogP) is 2.14. The Morgan fingerprint density at radius 3 is 3.22 bits per heavy atom. The van der Waals surface area contributed by atoms with Gasteiger partial charge in [0.2, 0.25) is 0 Å². The maximum Gasteiger partial charge on any atom is 0.122 e. The second-order valence-electron chi connectivity index (χ2n) is 5.72. The lowest BCUT2D eigenvalue weighted by molar-refractivity contribution is 0.117. The van der Waals surface area contributed by atoms with Crippen LogP contribution in [0.4, 0.5) is 0 Å². The van der Waals surface area contributed by atoms with Crippen LogP contribution in [0.5, 0.6) is 5.75 Å². The van der Waals surface area contributed by atoms with Gasteiger partial charge < -0.3 is 14.8 Å². The van der Waals surface area contributed by atoms with E-state index in [1.165, 1.54) is 11.1 Å². The van der Waals surface area contributed by atoms with Gasteiger partial charge in [-0.25, -0.2) is 0 Å². The predicted molar refractivity (Wildman–Crippen MR) is 70.9 cm³/mol. The molecule has 18 heavy (non-hydrogen) atoms. The summed E-state index contributed by atoms with van der Waals surface area (Å²) in [5, 5.41) is 3.40. The van der Waals surface area contributed by atoms with Gasteiger partial charge in [-0.3, -0.25) is 0 Å². The molecule has 0 saturated carbocycles. The second kappa shape index (κ2) is 4.90. The van der Waals surface area contributed by atoms with Gasteiger partial charge in [0, 0.05) is 18.6 Å². The third-order valence-electron chi connectivity index (χ3n) is 3.97. The molecular formula is C15H21NO2. The van der Waals surface area contributed by atoms with Gasteiger partial charge in [0.15, 0.2) is 0 Å². The Morgan fingerprint density at radius 2 is 2.39 bits per heavy atom. The van der Waals surface area contributed by atoms with Crippen LogP contribution in [0.25, 0.3) is 0 Å². The van der Waals surface area contributed by atoms with Gasteiger partial charge in [-0.05, 0) is 36.6 Å². The summed E-state index contributed by atoms with van der Waals surface area (Å²) in [5.41, 5.74) is 2.96. The Hall–Kier alpha value is -1.06. The van der Waals surface area contributed by atoms with Crippen LogP contribution in [0.3, 0.4) is 0 Å². The van der Waals surface area contributed by atoms with Gasteiger partial charge in [0.25, 0.3) is 0 Å². The van der Waals surface area contributed by atoms with Crippen molar-refractivity contribution in [3.05, 3.63) is 29.3 Å². The smallest absolute Gasteiger partial charge is 0.122 e. The fourth-order valence-corrected chi connectivity index (χ4v) is 2.71. The van der Waals surface area contributed by atoms with Crippen LogP contribution in [-0.4, -0.2) is 26.4 Å². The number of rotatable bonds is 3. The lowest BCUT2D eigenvalue weighted by atomic mass is 9.91. The Bertz CT molecular complexity index is 425. The standard InChI is InChI=1S/C15H21NO2/c1-15(6-8-17-10-15)11-18-14-4-2-3-12-9-16-7-5-13(12)14/h2-4,16H,5-11H2,1H3. The van der Waals surface area contributed by atoms with Crippen molar-refractivity contribution >= 4 is 0 Å². The molecule has 1 saturated heterocycles. The number of hydrogen-bond acceptors (Lipinski definition) is 3. The van der Waals surface area contributed by atoms with Gasteiger partial charge in [-0.15, -0.1) is 0 Å². The minimum atomic E-state index is 0.190. The van der Waals surface area contributed by atoms with Crippen molar-refractivity contribution in [2.75, 3.05) is 26.4 Å². The van der Waals surface area contributed by atoms with Gasteiger partial charge >= 0.3 is 0 Å². The lowest BCUT2D eigenvalue weighted by Gasteiger charge is -2.25. The Morgan fingerprint density at radius 1 is 1.44 bits per heavy atom. The molecule has 0 aromatic heterocycles. The van der Waals surface area contributed by atoms with Crippen molar-refractivity contribution in [3.63, 3.8) is 0 Å². The largest absolute Gasteiger partial charge is 0.493 e. The molecule has 0 radical (unpaired) electrons. The van der Waals surface area contributed by atoms with E-state index in [1.807, 2.05) is 0 Å². The molecule has 98 valence electrons. The molecule has 1 unspecified atom stereocenters. The monoisotopic (exact) mass is 247 g/mol. The van der Waals surface area contributed by atoms with Crippen molar-refractivity contribution in [3.8, 4) is 5.75 Å². The van der Waals surface area contributed by atoms with Crippen LogP contribution in [0, 0.1) is 5.41 Å². The number of hydrogen-bond donors (Lipinski definition) is 1. The van der Waals surface area contributed by atoms with Crippen LogP contribution in [0.15, 0.2) is 18.2 Å². The Kier molecular flexibility index (Phi) is 3.27. The molecule has 2 aliphatic heterocycles. The van der Waals surface area contributed by atoms with Crippen molar-refractivity contribution in [2.45, 2.75) is 26.3 Å². The highest BCUT2D eigenvalue weighted by molar-refractivity contribution is 5.41. The summed E-state index contributed by atoms with van der Waals surface area (Å²) >= 11 is 0. The fraction of sp³-hybridized carbons (Fsp3) is 0.600. The van der Waals surface area contributed by atoms with E-state index in [0.717, 1.165) is 51.5 Å². The third-order valence-corrected chi connectivity index (χ3v) is 3.97. The highest BCUT2D eigenvalue weighted by Gasteiger charge is 2.31. The summed E-state index contributed by atoms with van der Waals surface area (Å²) in [6.07, 6.45) is 2.17. The fourth-order valence-electron chi connectivity index (χ4n) is 2.71. The van der Waals surface area contributed by atoms with Crippen LogP contribution in [0.2, 0.25) is 0 Å². The van der Waals surface area contributed by atoms with Crippen molar-refractivity contribution in [1.29, 1.82) is 0 Å². The quantitative estimate of drug-likeness (QED) is 0.887. The minimum absolute atomic E-state index is 0.190. The summed E-state index contributed by atoms with van der Waals surface area (Å²) < 4.78 is 11.6. The number of nitrogens with one attached hydrogen (secondary N) is 1. The number of ether oxygens (including phenoxy) is 2. The summed E-state index contributed by atoms with van der Waals surface area (Å²) in [5.74, 6) is 1.07. The van der Waals surface area contributed by atoms with E-state index < -0.39 is 0 Å². The molecule has 3 rings (SSSR count). The maximum atomic E-state index is 6.08. The average molecular weight is 247 g/mol. The van der Waals surface area contributed by atoms with Crippen molar-refractivity contribution < 1.29 is 9.47 Å². The SMILES string of the molecule is CC1(COc2cccc3c2CCNC3)CCOC1.